The molecular weight excluding hydrogens is 328 g/mol. The molecule has 25 heavy (non-hydrogen) atoms. The van der Waals surface area contributed by atoms with Crippen molar-refractivity contribution in [3.05, 3.63) is 41.5 Å². The minimum Gasteiger partial charge on any atom is -0.369 e. The minimum atomic E-state index is -3.10. The van der Waals surface area contributed by atoms with Crippen LogP contribution in [0.1, 0.15) is 30.4 Å². The number of nitriles is 1. The second kappa shape index (κ2) is 5.96. The summed E-state index contributed by atoms with van der Waals surface area (Å²) in [5.74, 6) is -4.44. The lowest BCUT2D eigenvalue weighted by molar-refractivity contribution is -0.137. The van der Waals surface area contributed by atoms with E-state index in [1.165, 1.54) is 0 Å². The number of amides is 2. The van der Waals surface area contributed by atoms with Crippen molar-refractivity contribution < 1.29 is 18.4 Å². The number of nitrogens with zero attached hydrogens (tertiary/aromatic N) is 2. The predicted molar refractivity (Wildman–Crippen MR) is 86.3 cm³/mol. The fourth-order valence-electron chi connectivity index (χ4n) is 3.62. The Bertz CT molecular complexity index is 800. The summed E-state index contributed by atoms with van der Waals surface area (Å²) in [6.07, 6.45) is 2.78. The molecule has 0 spiro atoms. The van der Waals surface area contributed by atoms with Gasteiger partial charge in [-0.2, -0.15) is 5.26 Å². The Balaban J connectivity index is 1.94. The lowest BCUT2D eigenvalue weighted by Gasteiger charge is -2.35. The molecule has 2 atom stereocenters. The van der Waals surface area contributed by atoms with Crippen molar-refractivity contribution in [2.45, 2.75) is 36.6 Å². The monoisotopic (exact) mass is 345 g/mol. The summed E-state index contributed by atoms with van der Waals surface area (Å²) in [4.78, 5) is 25.8. The second-order valence-electron chi connectivity index (χ2n) is 6.54. The maximum Gasteiger partial charge on any atom is 0.268 e. The van der Waals surface area contributed by atoms with Crippen LogP contribution in [0.2, 0.25) is 0 Å². The summed E-state index contributed by atoms with van der Waals surface area (Å²) < 4.78 is 27.2. The maximum absolute atomic E-state index is 13.6. The van der Waals surface area contributed by atoms with Gasteiger partial charge in [0.2, 0.25) is 11.8 Å². The molecule has 1 heterocycles. The summed E-state index contributed by atoms with van der Waals surface area (Å²) in [6.45, 7) is -0.809. The number of hydrogen-bond acceptors (Lipinski definition) is 3. The lowest BCUT2D eigenvalue weighted by atomic mass is 9.69. The number of hydrogen-bond donors (Lipinski definition) is 1. The van der Waals surface area contributed by atoms with Gasteiger partial charge < -0.3 is 10.6 Å². The van der Waals surface area contributed by atoms with Crippen LogP contribution in [0.25, 0.3) is 6.08 Å². The van der Waals surface area contributed by atoms with E-state index >= 15 is 0 Å². The van der Waals surface area contributed by atoms with E-state index in [0.29, 0.717) is 5.56 Å². The first-order chi connectivity index (χ1) is 11.8. The van der Waals surface area contributed by atoms with Crippen LogP contribution in [0.4, 0.5) is 8.78 Å². The van der Waals surface area contributed by atoms with Crippen LogP contribution >= 0.6 is 0 Å². The Hall–Kier alpha value is -2.75. The number of carbonyl (C=O) groups excluding carboxylic acids is 2. The van der Waals surface area contributed by atoms with Crippen LogP contribution in [0, 0.1) is 11.3 Å². The number of likely N-dealkylation sites (tertiary alicyclic amines) is 1. The Kier molecular flexibility index (Phi) is 4.07. The Morgan fingerprint density at radius 1 is 1.36 bits per heavy atom. The van der Waals surface area contributed by atoms with Crippen LogP contribution in [0.3, 0.4) is 0 Å². The number of nitrogens with two attached hydrogens (primary N) is 1. The van der Waals surface area contributed by atoms with E-state index in [1.54, 1.807) is 36.4 Å². The van der Waals surface area contributed by atoms with Gasteiger partial charge >= 0.3 is 0 Å². The van der Waals surface area contributed by atoms with E-state index in [4.69, 9.17) is 11.0 Å². The molecule has 2 amide bonds. The highest BCUT2D eigenvalue weighted by Gasteiger charge is 2.50. The largest absolute Gasteiger partial charge is 0.369 e. The molecular formula is C18H17F2N3O2. The van der Waals surface area contributed by atoms with Crippen molar-refractivity contribution >= 4 is 17.9 Å². The third-order valence-electron chi connectivity index (χ3n) is 4.90. The SMILES string of the molecule is N#CC1CC(F)(F)CN1C(=O)C[C@@]1(C(N)=O)CC=Cc2ccccc21. The van der Waals surface area contributed by atoms with Gasteiger partial charge in [0.25, 0.3) is 5.92 Å². The molecule has 0 saturated carbocycles. The lowest BCUT2D eigenvalue weighted by Crippen LogP contribution is -2.48. The molecule has 5 nitrogen and oxygen atoms in total. The highest BCUT2D eigenvalue weighted by Crippen LogP contribution is 2.40. The van der Waals surface area contributed by atoms with Crippen molar-refractivity contribution in [3.63, 3.8) is 0 Å². The Morgan fingerprint density at radius 2 is 2.08 bits per heavy atom. The predicted octanol–water partition coefficient (Wildman–Crippen LogP) is 1.98. The van der Waals surface area contributed by atoms with E-state index in [0.717, 1.165) is 10.5 Å². The van der Waals surface area contributed by atoms with E-state index in [2.05, 4.69) is 0 Å². The third-order valence-corrected chi connectivity index (χ3v) is 4.90. The fraction of sp³-hybridized carbons (Fsp3) is 0.389. The van der Waals surface area contributed by atoms with E-state index < -0.39 is 42.2 Å². The van der Waals surface area contributed by atoms with Gasteiger partial charge in [0, 0.05) is 12.8 Å². The molecule has 1 aromatic carbocycles. The van der Waals surface area contributed by atoms with Crippen LogP contribution in [0.5, 0.6) is 0 Å². The van der Waals surface area contributed by atoms with Gasteiger partial charge in [0.05, 0.1) is 18.0 Å². The highest BCUT2D eigenvalue weighted by molar-refractivity contribution is 5.95. The summed E-state index contributed by atoms with van der Waals surface area (Å²) >= 11 is 0. The molecule has 3 rings (SSSR count). The van der Waals surface area contributed by atoms with E-state index in [1.807, 2.05) is 6.08 Å². The van der Waals surface area contributed by atoms with Gasteiger partial charge in [0.1, 0.15) is 6.04 Å². The molecule has 7 heteroatoms. The normalized spacial score (nSPS) is 26.8. The van der Waals surface area contributed by atoms with Crippen LogP contribution in [-0.2, 0) is 15.0 Å². The van der Waals surface area contributed by atoms with E-state index in [9.17, 15) is 18.4 Å². The minimum absolute atomic E-state index is 0.215. The number of alkyl halides is 2. The molecule has 2 N–H and O–H groups in total. The average molecular weight is 345 g/mol. The summed E-state index contributed by atoms with van der Waals surface area (Å²) in [7, 11) is 0. The topological polar surface area (TPSA) is 87.2 Å². The molecule has 2 aliphatic rings. The summed E-state index contributed by atoms with van der Waals surface area (Å²) in [6, 6.07) is 7.61. The molecule has 1 aliphatic heterocycles. The summed E-state index contributed by atoms with van der Waals surface area (Å²) in [5, 5.41) is 9.07. The molecule has 1 saturated heterocycles. The zero-order chi connectivity index (χ0) is 18.2. The van der Waals surface area contributed by atoms with Gasteiger partial charge in [-0.15, -0.1) is 0 Å². The molecule has 1 fully saturated rings. The zero-order valence-electron chi connectivity index (χ0n) is 13.4. The Labute approximate surface area is 143 Å². The standard InChI is InChI=1S/C18H17F2N3O2/c19-18(20)8-13(10-21)23(11-18)15(24)9-17(16(22)25)7-3-5-12-4-1-2-6-14(12)17/h1-6,13H,7-9,11H2,(H2,22,25)/t13?,17-/m0/s1. The first-order valence-corrected chi connectivity index (χ1v) is 7.92. The number of fused-ring (bicyclic) bond motifs is 1. The highest BCUT2D eigenvalue weighted by atomic mass is 19.3. The van der Waals surface area contributed by atoms with Gasteiger partial charge in [-0.1, -0.05) is 36.4 Å². The quantitative estimate of drug-likeness (QED) is 0.909. The third kappa shape index (κ3) is 2.88. The van der Waals surface area contributed by atoms with Crippen molar-refractivity contribution in [2.24, 2.45) is 5.73 Å². The first-order valence-electron chi connectivity index (χ1n) is 7.92. The average Bonchev–Trinajstić information content (AvgIpc) is 2.90. The number of allylic oxidation sites excluding steroid dienone is 1. The van der Waals surface area contributed by atoms with Crippen LogP contribution < -0.4 is 5.73 Å². The number of benzene rings is 1. The second-order valence-corrected chi connectivity index (χ2v) is 6.54. The number of rotatable bonds is 3. The molecule has 0 bridgehead atoms. The van der Waals surface area contributed by atoms with Gasteiger partial charge in [0.15, 0.2) is 0 Å². The molecule has 130 valence electrons. The van der Waals surface area contributed by atoms with Crippen molar-refractivity contribution in [3.8, 4) is 6.07 Å². The van der Waals surface area contributed by atoms with Gasteiger partial charge in [-0.05, 0) is 17.5 Å². The van der Waals surface area contributed by atoms with Crippen molar-refractivity contribution in [1.82, 2.24) is 4.90 Å². The van der Waals surface area contributed by atoms with E-state index in [-0.39, 0.29) is 12.8 Å². The first kappa shape index (κ1) is 17.1. The van der Waals surface area contributed by atoms with Crippen molar-refractivity contribution in [1.29, 1.82) is 5.26 Å². The Morgan fingerprint density at radius 3 is 2.76 bits per heavy atom. The van der Waals surface area contributed by atoms with Gasteiger partial charge in [-0.3, -0.25) is 9.59 Å². The number of halogens is 2. The zero-order valence-corrected chi connectivity index (χ0v) is 13.4. The molecule has 1 aliphatic carbocycles. The smallest absolute Gasteiger partial charge is 0.268 e. The molecule has 0 radical (unpaired) electrons. The van der Waals surface area contributed by atoms with Crippen LogP contribution in [0.15, 0.2) is 30.3 Å². The molecule has 1 unspecified atom stereocenters. The fourth-order valence-corrected chi connectivity index (χ4v) is 3.62. The molecule has 0 aromatic heterocycles. The number of carbonyl (C=O) groups is 2. The molecule has 1 aromatic rings. The summed E-state index contributed by atoms with van der Waals surface area (Å²) in [5.41, 5.74) is 5.71. The van der Waals surface area contributed by atoms with Crippen LogP contribution in [-0.4, -0.2) is 35.2 Å². The maximum atomic E-state index is 13.6. The van der Waals surface area contributed by atoms with Gasteiger partial charge in [-0.25, -0.2) is 8.78 Å². The number of primary amides is 1. The van der Waals surface area contributed by atoms with Crippen molar-refractivity contribution in [2.75, 3.05) is 6.54 Å².